The molecule has 0 aliphatic heterocycles. The number of hydrogen-bond acceptors (Lipinski definition) is 2. The van der Waals surface area contributed by atoms with Gasteiger partial charge in [0.15, 0.2) is 0 Å². The molecule has 0 spiro atoms. The molecule has 1 unspecified atom stereocenters. The predicted molar refractivity (Wildman–Crippen MR) is 76.2 cm³/mol. The molecule has 1 aromatic carbocycles. The zero-order chi connectivity index (χ0) is 14.4. The van der Waals surface area contributed by atoms with Crippen molar-refractivity contribution in [1.82, 2.24) is 5.32 Å². The molecule has 1 atom stereocenters. The van der Waals surface area contributed by atoms with E-state index < -0.39 is 18.0 Å². The predicted octanol–water partition coefficient (Wildman–Crippen LogP) is 2.70. The van der Waals surface area contributed by atoms with Crippen molar-refractivity contribution in [2.75, 3.05) is 5.32 Å². The van der Waals surface area contributed by atoms with E-state index in [-0.39, 0.29) is 6.42 Å². The van der Waals surface area contributed by atoms with Gasteiger partial charge in [0, 0.05) is 15.9 Å². The van der Waals surface area contributed by atoms with E-state index in [0.717, 1.165) is 0 Å². The summed E-state index contributed by atoms with van der Waals surface area (Å²) in [7, 11) is 0. The molecule has 0 aromatic heterocycles. The number of carboxylic acid groups (broad SMARTS) is 1. The van der Waals surface area contributed by atoms with Gasteiger partial charge in [0.2, 0.25) is 0 Å². The van der Waals surface area contributed by atoms with Gasteiger partial charge in [0.25, 0.3) is 0 Å². The normalized spacial score (nSPS) is 11.2. The second-order valence-electron chi connectivity index (χ2n) is 3.52. The molecule has 2 amide bonds. The highest BCUT2D eigenvalue weighted by atomic mass is 79.9. The fourth-order valence-electron chi connectivity index (χ4n) is 1.23. The molecular formula is C12H10BrClN2O3. The molecule has 3 N–H and O–H groups in total. The molecule has 0 aliphatic rings. The third-order valence-electron chi connectivity index (χ3n) is 2.10. The maximum atomic E-state index is 11.6. The van der Waals surface area contributed by atoms with Crippen LogP contribution in [0.3, 0.4) is 0 Å². The Bertz CT molecular complexity index is 542. The molecule has 5 nitrogen and oxygen atoms in total. The van der Waals surface area contributed by atoms with Crippen molar-refractivity contribution in [3.63, 3.8) is 0 Å². The molecule has 0 aliphatic carbocycles. The molecule has 1 aromatic rings. The van der Waals surface area contributed by atoms with Crippen LogP contribution in [-0.4, -0.2) is 23.1 Å². The number of urea groups is 1. The molecule has 100 valence electrons. The van der Waals surface area contributed by atoms with Crippen molar-refractivity contribution in [2.24, 2.45) is 0 Å². The Morgan fingerprint density at radius 3 is 2.74 bits per heavy atom. The topological polar surface area (TPSA) is 78.4 Å². The number of carboxylic acids is 1. The number of terminal acetylenes is 1. The molecule has 0 bridgehead atoms. The van der Waals surface area contributed by atoms with Crippen LogP contribution >= 0.6 is 27.5 Å². The van der Waals surface area contributed by atoms with Gasteiger partial charge in [-0.2, -0.15) is 0 Å². The van der Waals surface area contributed by atoms with Gasteiger partial charge in [-0.1, -0.05) is 11.6 Å². The Labute approximate surface area is 123 Å². The number of rotatable bonds is 4. The standard InChI is InChI=1S/C12H10BrClN2O3/c1-2-3-10(11(17)18)16-12(19)15-9-5-4-7(14)6-8(9)13/h1,4-6,10H,3H2,(H,17,18)(H2,15,16,19). The van der Waals surface area contributed by atoms with Crippen molar-refractivity contribution in [3.8, 4) is 12.3 Å². The van der Waals surface area contributed by atoms with Crippen LogP contribution in [0.25, 0.3) is 0 Å². The summed E-state index contributed by atoms with van der Waals surface area (Å²) in [6.45, 7) is 0. The highest BCUT2D eigenvalue weighted by Gasteiger charge is 2.18. The van der Waals surface area contributed by atoms with Crippen LogP contribution in [0.4, 0.5) is 10.5 Å². The lowest BCUT2D eigenvalue weighted by Gasteiger charge is -2.13. The second kappa shape index (κ2) is 7.02. The first-order valence-electron chi connectivity index (χ1n) is 5.13. The van der Waals surface area contributed by atoms with Gasteiger partial charge in [-0.05, 0) is 34.1 Å². The summed E-state index contributed by atoms with van der Waals surface area (Å²) >= 11 is 8.99. The largest absolute Gasteiger partial charge is 0.480 e. The van der Waals surface area contributed by atoms with Crippen LogP contribution in [0, 0.1) is 12.3 Å². The molecular weight excluding hydrogens is 336 g/mol. The summed E-state index contributed by atoms with van der Waals surface area (Å²) in [5.74, 6) is 0.996. The number of aliphatic carboxylic acids is 1. The zero-order valence-corrected chi connectivity index (χ0v) is 12.0. The average Bonchev–Trinajstić information content (AvgIpc) is 2.32. The number of anilines is 1. The van der Waals surface area contributed by atoms with Gasteiger partial charge >= 0.3 is 12.0 Å². The van der Waals surface area contributed by atoms with E-state index in [1.165, 1.54) is 0 Å². The molecule has 0 saturated carbocycles. The number of amides is 2. The molecule has 0 heterocycles. The third kappa shape index (κ3) is 4.81. The Balaban J connectivity index is 2.69. The number of nitrogens with one attached hydrogen (secondary N) is 2. The lowest BCUT2D eigenvalue weighted by Crippen LogP contribution is -2.42. The van der Waals surface area contributed by atoms with E-state index in [1.807, 2.05) is 0 Å². The third-order valence-corrected chi connectivity index (χ3v) is 3.00. The average molecular weight is 346 g/mol. The first kappa shape index (κ1) is 15.3. The van der Waals surface area contributed by atoms with Crippen molar-refractivity contribution < 1.29 is 14.7 Å². The van der Waals surface area contributed by atoms with Crippen LogP contribution in [0.1, 0.15) is 6.42 Å². The lowest BCUT2D eigenvalue weighted by atomic mass is 10.2. The maximum absolute atomic E-state index is 11.6. The van der Waals surface area contributed by atoms with Gasteiger partial charge in [-0.25, -0.2) is 9.59 Å². The zero-order valence-electron chi connectivity index (χ0n) is 9.61. The summed E-state index contributed by atoms with van der Waals surface area (Å²) in [6.07, 6.45) is 4.94. The van der Waals surface area contributed by atoms with Gasteiger partial charge in [0.05, 0.1) is 5.69 Å². The van der Waals surface area contributed by atoms with Crippen LogP contribution in [0.15, 0.2) is 22.7 Å². The quantitative estimate of drug-likeness (QED) is 0.734. The van der Waals surface area contributed by atoms with Crippen molar-refractivity contribution >= 4 is 45.2 Å². The van der Waals surface area contributed by atoms with Gasteiger partial charge in [-0.3, -0.25) is 0 Å². The highest BCUT2D eigenvalue weighted by molar-refractivity contribution is 9.10. The van der Waals surface area contributed by atoms with E-state index in [4.69, 9.17) is 23.1 Å². The van der Waals surface area contributed by atoms with Crippen molar-refractivity contribution in [1.29, 1.82) is 0 Å². The SMILES string of the molecule is C#CCC(NC(=O)Nc1ccc(Cl)cc1Br)C(=O)O. The summed E-state index contributed by atoms with van der Waals surface area (Å²) in [5.41, 5.74) is 0.465. The van der Waals surface area contributed by atoms with Gasteiger partial charge in [0.1, 0.15) is 6.04 Å². The maximum Gasteiger partial charge on any atom is 0.327 e. The van der Waals surface area contributed by atoms with Crippen LogP contribution in [-0.2, 0) is 4.79 Å². The van der Waals surface area contributed by atoms with Crippen LogP contribution in [0.2, 0.25) is 5.02 Å². The highest BCUT2D eigenvalue weighted by Crippen LogP contribution is 2.25. The van der Waals surface area contributed by atoms with E-state index in [9.17, 15) is 9.59 Å². The number of carbonyl (C=O) groups excluding carboxylic acids is 1. The monoisotopic (exact) mass is 344 g/mol. The summed E-state index contributed by atoms with van der Waals surface area (Å²) < 4.78 is 0.582. The Kier molecular flexibility index (Phi) is 5.67. The smallest absolute Gasteiger partial charge is 0.327 e. The van der Waals surface area contributed by atoms with E-state index in [0.29, 0.717) is 15.2 Å². The number of halogens is 2. The summed E-state index contributed by atoms with van der Waals surface area (Å²) in [4.78, 5) is 22.5. The number of hydrogen-bond donors (Lipinski definition) is 3. The minimum Gasteiger partial charge on any atom is -0.480 e. The fourth-order valence-corrected chi connectivity index (χ4v) is 2.01. The molecule has 0 fully saturated rings. The lowest BCUT2D eigenvalue weighted by molar-refractivity contribution is -0.139. The van der Waals surface area contributed by atoms with Crippen LogP contribution < -0.4 is 10.6 Å². The van der Waals surface area contributed by atoms with Gasteiger partial charge in [-0.15, -0.1) is 12.3 Å². The molecule has 0 saturated heterocycles. The van der Waals surface area contributed by atoms with E-state index in [1.54, 1.807) is 18.2 Å². The number of carbonyl (C=O) groups is 2. The summed E-state index contributed by atoms with van der Waals surface area (Å²) in [6, 6.07) is 3.00. The molecule has 0 radical (unpaired) electrons. The van der Waals surface area contributed by atoms with Crippen molar-refractivity contribution in [3.05, 3.63) is 27.7 Å². The summed E-state index contributed by atoms with van der Waals surface area (Å²) in [5, 5.41) is 14.1. The Morgan fingerprint density at radius 2 is 2.21 bits per heavy atom. The molecule has 19 heavy (non-hydrogen) atoms. The molecule has 1 rings (SSSR count). The first-order valence-corrected chi connectivity index (χ1v) is 6.30. The van der Waals surface area contributed by atoms with Crippen molar-refractivity contribution in [2.45, 2.75) is 12.5 Å². The second-order valence-corrected chi connectivity index (χ2v) is 4.81. The fraction of sp³-hybridized carbons (Fsp3) is 0.167. The van der Waals surface area contributed by atoms with E-state index >= 15 is 0 Å². The first-order chi connectivity index (χ1) is 8.93. The van der Waals surface area contributed by atoms with Gasteiger partial charge < -0.3 is 15.7 Å². The molecule has 7 heteroatoms. The number of benzene rings is 1. The Morgan fingerprint density at radius 1 is 1.53 bits per heavy atom. The Hall–Kier alpha value is -1.71. The van der Waals surface area contributed by atoms with E-state index in [2.05, 4.69) is 32.5 Å². The minimum atomic E-state index is -1.19. The minimum absolute atomic E-state index is 0.0927. The van der Waals surface area contributed by atoms with Crippen LogP contribution in [0.5, 0.6) is 0 Å².